The molecule has 2 heterocycles. The van der Waals surface area contributed by atoms with E-state index in [0.29, 0.717) is 17.0 Å². The number of benzene rings is 2. The summed E-state index contributed by atoms with van der Waals surface area (Å²) < 4.78 is 31.2. The van der Waals surface area contributed by atoms with E-state index in [2.05, 4.69) is 43.0 Å². The summed E-state index contributed by atoms with van der Waals surface area (Å²) in [6.45, 7) is -0.195. The van der Waals surface area contributed by atoms with Gasteiger partial charge in [-0.25, -0.2) is 23.1 Å². The number of aromatic nitrogens is 6. The molecule has 1 N–H and O–H groups in total. The molecule has 4 rings (SSSR count). The lowest BCUT2D eigenvalue weighted by Gasteiger charge is -2.29. The molecule has 2 aromatic heterocycles. The van der Waals surface area contributed by atoms with Gasteiger partial charge in [0.2, 0.25) is 0 Å². The van der Waals surface area contributed by atoms with Crippen LogP contribution in [-0.4, -0.2) is 34.9 Å². The third kappa shape index (κ3) is 4.07. The Hall–Kier alpha value is -2.80. The monoisotopic (exact) mass is 524 g/mol. The lowest BCUT2D eigenvalue weighted by atomic mass is 9.89. The Morgan fingerprint density at radius 3 is 2.73 bits per heavy atom. The number of aryl methyl sites for hydroxylation is 1. The van der Waals surface area contributed by atoms with Crippen LogP contribution in [0, 0.1) is 15.2 Å². The van der Waals surface area contributed by atoms with Crippen molar-refractivity contribution in [2.45, 2.75) is 25.1 Å². The maximum Gasteiger partial charge on any atom is 0.277 e. The van der Waals surface area contributed by atoms with E-state index < -0.39 is 17.2 Å². The maximum atomic E-state index is 14.5. The number of aliphatic hydroxyl groups is 1. The molecule has 4 aromatic rings. The van der Waals surface area contributed by atoms with Gasteiger partial charge in [-0.15, -0.1) is 5.10 Å². The van der Waals surface area contributed by atoms with Gasteiger partial charge in [0, 0.05) is 28.2 Å². The minimum absolute atomic E-state index is 0.0459. The molecule has 0 amide bonds. The first-order valence-electron chi connectivity index (χ1n) is 8.89. The summed E-state index contributed by atoms with van der Waals surface area (Å²) in [6.07, 6.45) is 2.55. The van der Waals surface area contributed by atoms with Gasteiger partial charge in [-0.3, -0.25) is 4.79 Å². The fourth-order valence-corrected chi connectivity index (χ4v) is 3.71. The van der Waals surface area contributed by atoms with E-state index in [4.69, 9.17) is 0 Å². The zero-order chi connectivity index (χ0) is 21.3. The summed E-state index contributed by atoms with van der Waals surface area (Å²) in [5, 5.41) is 23.6. The molecule has 0 aliphatic rings. The summed E-state index contributed by atoms with van der Waals surface area (Å²) in [6, 6.07) is 8.12. The molecule has 0 saturated heterocycles. The average molecular weight is 524 g/mol. The Morgan fingerprint density at radius 1 is 1.17 bits per heavy atom. The average Bonchev–Trinajstić information content (AvgIpc) is 3.20. The van der Waals surface area contributed by atoms with Crippen molar-refractivity contribution in [1.29, 1.82) is 0 Å². The van der Waals surface area contributed by atoms with Gasteiger partial charge >= 0.3 is 0 Å². The molecule has 0 aliphatic heterocycles. The quantitative estimate of drug-likeness (QED) is 0.389. The summed E-state index contributed by atoms with van der Waals surface area (Å²) in [5.41, 5.74) is -1.83. The minimum atomic E-state index is -1.80. The summed E-state index contributed by atoms with van der Waals surface area (Å²) in [4.78, 5) is 16.6. The highest BCUT2D eigenvalue weighted by atomic mass is 127. The topological polar surface area (TPSA) is 98.7 Å². The molecule has 8 nitrogen and oxygen atoms in total. The minimum Gasteiger partial charge on any atom is -0.383 e. The number of hydrogen-bond acceptors (Lipinski definition) is 6. The fraction of sp³-hybridized carbons (Fsp3) is 0.211. The lowest BCUT2D eigenvalue weighted by Crippen LogP contribution is -2.36. The second-order valence-corrected chi connectivity index (χ2v) is 8.02. The largest absolute Gasteiger partial charge is 0.383 e. The molecule has 1 unspecified atom stereocenters. The highest BCUT2D eigenvalue weighted by Gasteiger charge is 2.33. The van der Waals surface area contributed by atoms with Crippen molar-refractivity contribution in [2.24, 2.45) is 0 Å². The van der Waals surface area contributed by atoms with Gasteiger partial charge < -0.3 is 5.11 Å². The van der Waals surface area contributed by atoms with Gasteiger partial charge in [-0.05, 0) is 46.9 Å². The first-order valence-corrected chi connectivity index (χ1v) is 9.97. The van der Waals surface area contributed by atoms with Gasteiger partial charge in [0.25, 0.3) is 5.56 Å². The van der Waals surface area contributed by atoms with E-state index in [1.807, 2.05) is 0 Å². The van der Waals surface area contributed by atoms with Crippen molar-refractivity contribution >= 4 is 33.5 Å². The number of nitrogens with zero attached hydrogens (tertiary/aromatic N) is 6. The third-order valence-electron chi connectivity index (χ3n) is 4.74. The standard InChI is InChI=1S/C19H15F2IN6O2/c20-12-1-4-15(16(21)7-12)19(30,9-27-11-23-10-24-27)5-6-28-18(29)14-3-2-13(22)8-17(14)25-26-28/h1-4,7-8,10-11,30H,5-6,9H2. The van der Waals surface area contributed by atoms with E-state index in [1.165, 1.54) is 23.4 Å². The van der Waals surface area contributed by atoms with E-state index in [9.17, 15) is 18.7 Å². The molecule has 1 atom stereocenters. The van der Waals surface area contributed by atoms with Crippen LogP contribution in [0.1, 0.15) is 12.0 Å². The molecule has 0 bridgehead atoms. The zero-order valence-electron chi connectivity index (χ0n) is 15.4. The molecule has 30 heavy (non-hydrogen) atoms. The van der Waals surface area contributed by atoms with Gasteiger partial charge in [0.1, 0.15) is 35.4 Å². The van der Waals surface area contributed by atoms with Crippen LogP contribution in [0.25, 0.3) is 10.9 Å². The van der Waals surface area contributed by atoms with Gasteiger partial charge in [-0.2, -0.15) is 5.10 Å². The number of hydrogen-bond donors (Lipinski definition) is 1. The molecular weight excluding hydrogens is 509 g/mol. The smallest absolute Gasteiger partial charge is 0.277 e. The molecule has 154 valence electrons. The van der Waals surface area contributed by atoms with E-state index in [0.717, 1.165) is 14.3 Å². The molecule has 0 spiro atoms. The van der Waals surface area contributed by atoms with E-state index >= 15 is 0 Å². The molecule has 0 aliphatic carbocycles. The number of halogens is 3. The molecular formula is C19H15F2IN6O2. The predicted molar refractivity (Wildman–Crippen MR) is 111 cm³/mol. The molecule has 2 aromatic carbocycles. The van der Waals surface area contributed by atoms with Crippen LogP contribution in [0.2, 0.25) is 0 Å². The van der Waals surface area contributed by atoms with Crippen molar-refractivity contribution in [2.75, 3.05) is 0 Å². The zero-order valence-corrected chi connectivity index (χ0v) is 17.6. The van der Waals surface area contributed by atoms with Crippen molar-refractivity contribution in [3.63, 3.8) is 0 Å². The van der Waals surface area contributed by atoms with Crippen LogP contribution < -0.4 is 5.56 Å². The Kier molecular flexibility index (Phi) is 5.56. The predicted octanol–water partition coefficient (Wildman–Crippen LogP) is 2.24. The Bertz CT molecular complexity index is 1260. The Labute approximate surface area is 182 Å². The maximum absolute atomic E-state index is 14.5. The van der Waals surface area contributed by atoms with Crippen LogP contribution in [-0.2, 0) is 18.7 Å². The Morgan fingerprint density at radius 2 is 2.00 bits per heavy atom. The highest BCUT2D eigenvalue weighted by Crippen LogP contribution is 2.30. The summed E-state index contributed by atoms with van der Waals surface area (Å²) in [7, 11) is 0. The fourth-order valence-electron chi connectivity index (χ4n) is 3.24. The SMILES string of the molecule is O=c1c2ccc(I)cc2nnn1CCC(O)(Cn1cncn1)c1ccc(F)cc1F. The molecule has 0 radical (unpaired) electrons. The van der Waals surface area contributed by atoms with Crippen LogP contribution in [0.4, 0.5) is 8.78 Å². The number of rotatable bonds is 6. The van der Waals surface area contributed by atoms with Gasteiger partial charge in [-0.1, -0.05) is 11.3 Å². The molecule has 0 saturated carbocycles. The second kappa shape index (κ2) is 8.14. The summed E-state index contributed by atoms with van der Waals surface area (Å²) >= 11 is 2.11. The number of fused-ring (bicyclic) bond motifs is 1. The van der Waals surface area contributed by atoms with Gasteiger partial charge in [0.05, 0.1) is 11.9 Å². The van der Waals surface area contributed by atoms with Crippen molar-refractivity contribution in [3.05, 3.63) is 80.2 Å². The molecule has 11 heteroatoms. The summed E-state index contributed by atoms with van der Waals surface area (Å²) in [5.74, 6) is -1.66. The highest BCUT2D eigenvalue weighted by molar-refractivity contribution is 14.1. The third-order valence-corrected chi connectivity index (χ3v) is 5.42. The lowest BCUT2D eigenvalue weighted by molar-refractivity contribution is -0.00227. The Balaban J connectivity index is 1.69. The molecule has 0 fully saturated rings. The van der Waals surface area contributed by atoms with Crippen molar-refractivity contribution in [3.8, 4) is 0 Å². The van der Waals surface area contributed by atoms with Crippen LogP contribution in [0.15, 0.2) is 53.8 Å². The van der Waals surface area contributed by atoms with Crippen LogP contribution in [0.3, 0.4) is 0 Å². The second-order valence-electron chi connectivity index (χ2n) is 6.78. The van der Waals surface area contributed by atoms with Crippen molar-refractivity contribution < 1.29 is 13.9 Å². The normalized spacial score (nSPS) is 13.5. The van der Waals surface area contributed by atoms with E-state index in [1.54, 1.807) is 18.2 Å². The van der Waals surface area contributed by atoms with Crippen LogP contribution in [0.5, 0.6) is 0 Å². The van der Waals surface area contributed by atoms with Gasteiger partial charge in [0.15, 0.2) is 0 Å². The van der Waals surface area contributed by atoms with E-state index in [-0.39, 0.29) is 30.6 Å². The first-order chi connectivity index (χ1) is 14.4. The van der Waals surface area contributed by atoms with Crippen molar-refractivity contribution in [1.82, 2.24) is 29.8 Å². The first kappa shape index (κ1) is 20.5. The van der Waals surface area contributed by atoms with Crippen LogP contribution >= 0.6 is 22.6 Å².